The molecule has 0 spiro atoms. The Balaban J connectivity index is 0.942. The van der Waals surface area contributed by atoms with Gasteiger partial charge in [-0.25, -0.2) is 0 Å². The van der Waals surface area contributed by atoms with Crippen LogP contribution in [0.4, 0.5) is 17.1 Å². The molecular weight excluding hydrogens is 791 g/mol. The largest absolute Gasteiger partial charge is 0.310 e. The average Bonchev–Trinajstić information content (AvgIpc) is 3.76. The molecule has 0 saturated heterocycles. The summed E-state index contributed by atoms with van der Waals surface area (Å²) < 4.78 is 2.66. The van der Waals surface area contributed by atoms with Gasteiger partial charge in [0.25, 0.3) is 0 Å². The lowest BCUT2D eigenvalue weighted by molar-refractivity contribution is 1.28. The molecule has 11 aromatic carbocycles. The molecule has 300 valence electrons. The molecule has 0 unspecified atom stereocenters. The highest BCUT2D eigenvalue weighted by atomic mass is 32.1. The van der Waals surface area contributed by atoms with Gasteiger partial charge in [-0.15, -0.1) is 11.3 Å². The lowest BCUT2D eigenvalue weighted by atomic mass is 9.94. The molecule has 1 nitrogen and oxygen atoms in total. The summed E-state index contributed by atoms with van der Waals surface area (Å²) in [6.45, 7) is 0. The first-order chi connectivity index (χ1) is 31.7. The second kappa shape index (κ2) is 16.0. The maximum absolute atomic E-state index is 2.41. The van der Waals surface area contributed by atoms with Crippen molar-refractivity contribution in [3.8, 4) is 55.6 Å². The highest BCUT2D eigenvalue weighted by Crippen LogP contribution is 2.45. The first-order valence-electron chi connectivity index (χ1n) is 21.9. The summed E-state index contributed by atoms with van der Waals surface area (Å²) in [6.07, 6.45) is 0. The summed E-state index contributed by atoms with van der Waals surface area (Å²) in [6, 6.07) is 90.9. The highest BCUT2D eigenvalue weighted by molar-refractivity contribution is 7.26. The van der Waals surface area contributed by atoms with Crippen LogP contribution in [0.1, 0.15) is 0 Å². The van der Waals surface area contributed by atoms with Gasteiger partial charge >= 0.3 is 0 Å². The maximum atomic E-state index is 2.41. The van der Waals surface area contributed by atoms with Crippen LogP contribution in [0.3, 0.4) is 0 Å². The van der Waals surface area contributed by atoms with Crippen molar-refractivity contribution in [2.24, 2.45) is 0 Å². The van der Waals surface area contributed by atoms with E-state index in [9.17, 15) is 0 Å². The molecule has 64 heavy (non-hydrogen) atoms. The van der Waals surface area contributed by atoms with Crippen molar-refractivity contribution in [3.63, 3.8) is 0 Å². The smallest absolute Gasteiger partial charge is 0.0540 e. The normalized spacial score (nSPS) is 11.4. The molecule has 0 aliphatic carbocycles. The topological polar surface area (TPSA) is 3.24 Å². The molecule has 0 saturated carbocycles. The van der Waals surface area contributed by atoms with Crippen LogP contribution in [0.15, 0.2) is 249 Å². The molecular formula is C62H41NS. The maximum Gasteiger partial charge on any atom is 0.0540 e. The second-order valence-corrected chi connectivity index (χ2v) is 17.5. The van der Waals surface area contributed by atoms with E-state index >= 15 is 0 Å². The van der Waals surface area contributed by atoms with E-state index in [2.05, 4.69) is 254 Å². The van der Waals surface area contributed by atoms with Crippen LogP contribution in [-0.4, -0.2) is 0 Å². The van der Waals surface area contributed by atoms with Gasteiger partial charge in [-0.2, -0.15) is 0 Å². The van der Waals surface area contributed by atoms with Gasteiger partial charge in [0.05, 0.1) is 5.69 Å². The van der Waals surface area contributed by atoms with E-state index in [1.54, 1.807) is 0 Å². The van der Waals surface area contributed by atoms with Crippen LogP contribution in [0.2, 0.25) is 0 Å². The molecule has 1 heterocycles. The average molecular weight is 832 g/mol. The number of hydrogen-bond acceptors (Lipinski definition) is 2. The Bertz CT molecular complexity index is 3660. The number of rotatable bonds is 8. The first kappa shape index (κ1) is 37.7. The van der Waals surface area contributed by atoms with E-state index in [0.717, 1.165) is 17.1 Å². The van der Waals surface area contributed by atoms with Crippen molar-refractivity contribution in [3.05, 3.63) is 249 Å². The minimum Gasteiger partial charge on any atom is -0.310 e. The molecule has 0 aliphatic rings. The Labute approximate surface area is 377 Å². The molecule has 0 amide bonds. The van der Waals surface area contributed by atoms with Crippen molar-refractivity contribution in [1.82, 2.24) is 0 Å². The second-order valence-electron chi connectivity index (χ2n) is 16.4. The fraction of sp³-hybridized carbons (Fsp3) is 0. The van der Waals surface area contributed by atoms with Gasteiger partial charge in [-0.1, -0.05) is 200 Å². The molecule has 0 bridgehead atoms. The van der Waals surface area contributed by atoms with Crippen LogP contribution in [0, 0.1) is 0 Å². The minimum absolute atomic E-state index is 1.09. The minimum atomic E-state index is 1.09. The summed E-state index contributed by atoms with van der Waals surface area (Å²) in [5, 5.41) is 7.62. The fourth-order valence-electron chi connectivity index (χ4n) is 9.57. The summed E-state index contributed by atoms with van der Waals surface area (Å²) in [7, 11) is 0. The Morgan fingerprint density at radius 1 is 0.266 bits per heavy atom. The van der Waals surface area contributed by atoms with E-state index < -0.39 is 0 Å². The molecule has 0 radical (unpaired) electrons. The van der Waals surface area contributed by atoms with E-state index in [1.807, 2.05) is 11.3 Å². The zero-order valence-electron chi connectivity index (χ0n) is 35.0. The van der Waals surface area contributed by atoms with Gasteiger partial charge in [-0.3, -0.25) is 0 Å². The van der Waals surface area contributed by atoms with Gasteiger partial charge < -0.3 is 4.90 Å². The van der Waals surface area contributed by atoms with Crippen molar-refractivity contribution >= 4 is 70.1 Å². The Kier molecular flexibility index (Phi) is 9.43. The summed E-state index contributed by atoms with van der Waals surface area (Å²) in [4.78, 5) is 2.41. The lowest BCUT2D eigenvalue weighted by Crippen LogP contribution is -2.11. The van der Waals surface area contributed by atoms with Crippen LogP contribution in [0.5, 0.6) is 0 Å². The number of fused-ring (bicyclic) bond motifs is 5. The predicted molar refractivity (Wildman–Crippen MR) is 276 cm³/mol. The predicted octanol–water partition coefficient (Wildman–Crippen LogP) is 18.2. The summed E-state index contributed by atoms with van der Waals surface area (Å²) >= 11 is 1.88. The van der Waals surface area contributed by atoms with Crippen LogP contribution in [-0.2, 0) is 0 Å². The first-order valence-corrected chi connectivity index (χ1v) is 22.7. The third-order valence-electron chi connectivity index (χ3n) is 12.7. The molecule has 1 aromatic heterocycles. The van der Waals surface area contributed by atoms with Crippen LogP contribution in [0.25, 0.3) is 97.4 Å². The Morgan fingerprint density at radius 3 is 1.38 bits per heavy atom. The molecule has 2 heteroatoms. The molecule has 12 rings (SSSR count). The number of hydrogen-bond donors (Lipinski definition) is 0. The van der Waals surface area contributed by atoms with Crippen LogP contribution < -0.4 is 4.90 Å². The number of para-hydroxylation sites is 1. The van der Waals surface area contributed by atoms with Crippen molar-refractivity contribution in [1.29, 1.82) is 0 Å². The monoisotopic (exact) mass is 831 g/mol. The van der Waals surface area contributed by atoms with E-state index in [1.165, 1.54) is 97.4 Å². The zero-order valence-corrected chi connectivity index (χ0v) is 35.8. The van der Waals surface area contributed by atoms with E-state index in [4.69, 9.17) is 0 Å². The third kappa shape index (κ3) is 6.73. The molecule has 12 aromatic rings. The number of benzene rings is 11. The van der Waals surface area contributed by atoms with E-state index in [0.29, 0.717) is 0 Å². The fourth-order valence-corrected chi connectivity index (χ4v) is 10.8. The van der Waals surface area contributed by atoms with Gasteiger partial charge in [-0.05, 0) is 120 Å². The Hall–Kier alpha value is -8.04. The van der Waals surface area contributed by atoms with Gasteiger partial charge in [0.2, 0.25) is 0 Å². The van der Waals surface area contributed by atoms with Gasteiger partial charge in [0.15, 0.2) is 0 Å². The molecule has 0 fully saturated rings. The number of anilines is 3. The number of nitrogens with zero attached hydrogens (tertiary/aromatic N) is 1. The summed E-state index contributed by atoms with van der Waals surface area (Å²) in [5.41, 5.74) is 15.4. The molecule has 0 atom stereocenters. The lowest BCUT2D eigenvalue weighted by Gasteiger charge is -2.28. The third-order valence-corrected chi connectivity index (χ3v) is 13.9. The van der Waals surface area contributed by atoms with E-state index in [-0.39, 0.29) is 0 Å². The quantitative estimate of drug-likeness (QED) is 0.147. The van der Waals surface area contributed by atoms with Crippen molar-refractivity contribution in [2.75, 3.05) is 4.90 Å². The molecule has 0 N–H and O–H groups in total. The van der Waals surface area contributed by atoms with Crippen LogP contribution >= 0.6 is 11.3 Å². The zero-order chi connectivity index (χ0) is 42.4. The Morgan fingerprint density at radius 2 is 0.703 bits per heavy atom. The van der Waals surface area contributed by atoms with Crippen molar-refractivity contribution < 1.29 is 0 Å². The summed E-state index contributed by atoms with van der Waals surface area (Å²) in [5.74, 6) is 0. The molecule has 0 aliphatic heterocycles. The van der Waals surface area contributed by atoms with Gasteiger partial charge in [0, 0.05) is 37.1 Å². The highest BCUT2D eigenvalue weighted by Gasteiger charge is 2.19. The SMILES string of the molecule is c1cc(-c2ccc(N(c3ccc(-c4cccc(-c5cccc6c5sc5ccccc56)c4)cc3)c3ccccc3-c3cccc4ccccc34)cc2)cc(-c2cccc3ccccc23)c1. The standard InChI is InChI=1S/C62H41NS/c1-3-22-52-44(14-1)16-11-26-54(52)48-20-9-18-46(40-48)42-32-36-50(37-33-42)63(60-30-7-5-24-57(60)56-28-12-17-45-15-2-4-23-53(45)56)51-38-34-43(35-39-51)47-19-10-21-49(41-47)55-27-13-29-59-58-25-6-8-31-61(58)64-62(55)59/h1-41H. The van der Waals surface area contributed by atoms with Crippen molar-refractivity contribution in [2.45, 2.75) is 0 Å². The van der Waals surface area contributed by atoms with Gasteiger partial charge in [0.1, 0.15) is 0 Å². The number of thiophene rings is 1.